The van der Waals surface area contributed by atoms with Crippen LogP contribution < -0.4 is 5.32 Å². The third-order valence-electron chi connectivity index (χ3n) is 12.2. The fraction of sp³-hybridized carbons (Fsp3) is 0.565. The molecule has 3 aliphatic rings. The van der Waals surface area contributed by atoms with Gasteiger partial charge in [0.1, 0.15) is 73.2 Å². The van der Waals surface area contributed by atoms with Gasteiger partial charge in [0.15, 0.2) is 18.9 Å². The number of hydrogen-bond donors (Lipinski definition) is 12. The van der Waals surface area contributed by atoms with Gasteiger partial charge in [0.05, 0.1) is 38.6 Å². The van der Waals surface area contributed by atoms with Gasteiger partial charge in [-0.1, -0.05) is 89.2 Å². The van der Waals surface area contributed by atoms with Crippen molar-refractivity contribution in [1.29, 1.82) is 0 Å². The first kappa shape index (κ1) is 68.5. The number of carbonyl (C=O) groups is 1. The molecular formula is C62H117NO18. The summed E-state index contributed by atoms with van der Waals surface area (Å²) in [4.78, 5) is 13.0. The zero-order valence-corrected chi connectivity index (χ0v) is 45.1. The lowest BCUT2D eigenvalue weighted by atomic mass is 9.96. The van der Waals surface area contributed by atoms with Crippen molar-refractivity contribution in [2.45, 2.75) is 195 Å². The lowest BCUT2D eigenvalue weighted by Crippen LogP contribution is -2.67. The summed E-state index contributed by atoms with van der Waals surface area (Å²) in [7, 11) is 0. The molecule has 0 aromatic rings. The van der Waals surface area contributed by atoms with Gasteiger partial charge in [-0.15, -0.1) is 0 Å². The average molecular weight is 1160 g/mol. The van der Waals surface area contributed by atoms with Gasteiger partial charge < -0.3 is 89.9 Å². The number of rotatable bonds is 25. The number of aliphatic hydroxyl groups is 11. The van der Waals surface area contributed by atoms with E-state index < -0.39 is 137 Å². The summed E-state index contributed by atoms with van der Waals surface area (Å²) in [6, 6.07) is -1.22. The van der Waals surface area contributed by atoms with E-state index in [1.807, 2.05) is 0 Å². The molecule has 17 atom stereocenters. The molecule has 0 aromatic heterocycles. The number of nitrogens with one attached hydrogen (secondary N) is 1. The summed E-state index contributed by atoms with van der Waals surface area (Å²) in [5.41, 5.74) is 0. The molecule has 0 aromatic carbocycles. The van der Waals surface area contributed by atoms with Crippen LogP contribution in [0.15, 0.2) is 12.2 Å². The van der Waals surface area contributed by atoms with Gasteiger partial charge in [-0.25, -0.2) is 0 Å². The zero-order chi connectivity index (χ0) is 59.0. The molecule has 0 saturated carbocycles. The number of amides is 1. The molecule has 3 saturated heterocycles. The number of carbonyl (C=O) groups excluding carboxylic acids is 1. The van der Waals surface area contributed by atoms with E-state index in [0.29, 0.717) is 6.42 Å². The Bertz CT molecular complexity index is 2900. The molecule has 81 heavy (non-hydrogen) atoms. The molecule has 0 aliphatic carbocycles. The molecule has 0 radical (unpaired) electrons. The molecule has 3 rings (SSSR count). The fourth-order valence-corrected chi connectivity index (χ4v) is 7.87. The van der Waals surface area contributed by atoms with Crippen molar-refractivity contribution in [3.63, 3.8) is 0 Å². The van der Waals surface area contributed by atoms with Crippen LogP contribution in [-0.4, -0.2) is 193 Å². The first-order valence-electron chi connectivity index (χ1n) is 26.4. The van der Waals surface area contributed by atoms with Crippen LogP contribution >= 0.6 is 0 Å². The topological polar surface area (TPSA) is 307 Å². The Morgan fingerprint density at radius 2 is 0.901 bits per heavy atom. The molecule has 3 fully saturated rings. The Balaban J connectivity index is -0.000000144. The average Bonchev–Trinajstić information content (AvgIpc) is 0.783. The van der Waals surface area contributed by atoms with Gasteiger partial charge in [0, 0.05) is 75.7 Å². The Kier molecular flexibility index (Phi) is 34.9. The van der Waals surface area contributed by atoms with Crippen LogP contribution in [-0.2, 0) is 33.2 Å². The Morgan fingerprint density at radius 1 is 0.494 bits per heavy atom. The summed E-state index contributed by atoms with van der Waals surface area (Å²) in [6.45, 7) is 0.744. The fourth-order valence-electron chi connectivity index (χ4n) is 7.87. The summed E-state index contributed by atoms with van der Waals surface area (Å²) in [5.74, 6) is 58.4. The van der Waals surface area contributed by atoms with Crippen LogP contribution in [0, 0.1) is 142 Å². The molecule has 0 bridgehead atoms. The third kappa shape index (κ3) is 25.7. The van der Waals surface area contributed by atoms with E-state index in [1.54, 1.807) is 13.0 Å². The Hall–Kier alpha value is -6.75. The number of aliphatic hydroxyl groups excluding tert-OH is 11. The van der Waals surface area contributed by atoms with Crippen molar-refractivity contribution < 1.29 is 124 Å². The highest BCUT2D eigenvalue weighted by Gasteiger charge is 2.54. The first-order valence-corrected chi connectivity index (χ1v) is 26.4. The molecule has 3 heterocycles. The molecule has 478 valence electrons. The van der Waals surface area contributed by atoms with E-state index in [-0.39, 0.29) is 34.2 Å². The van der Waals surface area contributed by atoms with Gasteiger partial charge in [-0.05, 0) is 114 Å². The van der Waals surface area contributed by atoms with Gasteiger partial charge in [-0.3, -0.25) is 4.79 Å². The summed E-state index contributed by atoms with van der Waals surface area (Å²) in [5, 5.41) is 120. The van der Waals surface area contributed by atoms with Crippen molar-refractivity contribution in [2.24, 2.45) is 0 Å². The van der Waals surface area contributed by atoms with E-state index in [2.05, 4.69) is 154 Å². The maximum atomic E-state index is 13.0. The number of hydrogen-bond acceptors (Lipinski definition) is 18. The zero-order valence-electron chi connectivity index (χ0n) is 45.1. The van der Waals surface area contributed by atoms with Gasteiger partial charge in [-0.2, -0.15) is 0 Å². The summed E-state index contributed by atoms with van der Waals surface area (Å²) >= 11 is 0. The van der Waals surface area contributed by atoms with Crippen molar-refractivity contribution in [3.8, 4) is 142 Å². The number of unbranched alkanes of at least 4 members (excludes halogenated alkanes) is 11. The number of allylic oxidation sites excluding steroid dienone is 1. The Labute approximate surface area is 510 Å². The van der Waals surface area contributed by atoms with Crippen molar-refractivity contribution in [3.05, 3.63) is 12.2 Å². The van der Waals surface area contributed by atoms with Crippen LogP contribution in [0.1, 0.15) is 125 Å². The van der Waals surface area contributed by atoms with Gasteiger partial charge >= 0.3 is 0 Å². The molecule has 19 nitrogen and oxygen atoms in total. The molecule has 12 N–H and O–H groups in total. The minimum Gasteiger partial charge on any atom is -0.394 e. The largest absolute Gasteiger partial charge is 0.394 e. The maximum absolute atomic E-state index is 13.0. The van der Waals surface area contributed by atoms with E-state index in [4.69, 9.17) is 28.4 Å². The van der Waals surface area contributed by atoms with Crippen LogP contribution in [0.25, 0.3) is 0 Å². The van der Waals surface area contributed by atoms with Gasteiger partial charge in [0.25, 0.3) is 5.91 Å². The standard InChI is InChI=1S/C62H69NO18.24H2/c1-3-5-7-9-11-13-15-17-18-19-20-21-22-23-24-25-26-28-30-32-34-36-38-40-50(68)63-45(46(67)39-37-35-33-31-29-27-16-14-12-10-8-6-4-2)44-76-60-56(74)54(72)58(49(43-66)79-60)80-62-57(75)59(52(70)48(42-65)78-62)81-61-55(73)53(71)51(69)47(41-64)77-61;;;;;;;;;;;;;;;;;;;;;;;;/h37,39,45-49,51-62,64-67,69-75H,4,6,8,10,12,14,16,27,29,31,33,35,41-44H2,1-2H3,(H,63,68);24*1H/b39-37+;;;;;;;;;;;;;;;;;;;;;;;;/t45-,46+,47?,48?,49?,51?,52?,53?,54?,55?,56?,57?,58?,59?,60?,61?,62?;;;;;;;;;;;;;;;;;;;;;;;;/m0......................../s1. The molecule has 3 aliphatic heterocycles. The highest BCUT2D eigenvalue weighted by atomic mass is 16.8. The van der Waals surface area contributed by atoms with Gasteiger partial charge in [0.2, 0.25) is 0 Å². The second-order valence-electron chi connectivity index (χ2n) is 18.1. The summed E-state index contributed by atoms with van der Waals surface area (Å²) < 4.78 is 33.9. The van der Waals surface area contributed by atoms with Crippen LogP contribution in [0.4, 0.5) is 0 Å². The predicted molar refractivity (Wildman–Crippen MR) is 343 cm³/mol. The molecule has 15 unspecified atom stereocenters. The van der Waals surface area contributed by atoms with E-state index in [9.17, 15) is 61.0 Å². The molecule has 0 spiro atoms. The molecule has 1 amide bonds. The van der Waals surface area contributed by atoms with Crippen molar-refractivity contribution in [2.75, 3.05) is 26.4 Å². The monoisotopic (exact) mass is 1160 g/mol. The van der Waals surface area contributed by atoms with E-state index in [0.717, 1.165) is 25.7 Å². The highest BCUT2D eigenvalue weighted by Crippen LogP contribution is 2.33. The minimum absolute atomic E-state index is 0. The number of ether oxygens (including phenoxy) is 6. The van der Waals surface area contributed by atoms with Crippen molar-refractivity contribution in [1.82, 2.24) is 5.32 Å². The smallest absolute Gasteiger partial charge is 0.297 e. The van der Waals surface area contributed by atoms with E-state index in [1.165, 1.54) is 51.0 Å². The van der Waals surface area contributed by atoms with Crippen LogP contribution in [0.5, 0.6) is 0 Å². The van der Waals surface area contributed by atoms with Crippen LogP contribution in [0.2, 0.25) is 0 Å². The normalized spacial score (nSPS) is 27.4. The lowest BCUT2D eigenvalue weighted by molar-refractivity contribution is -0.380. The quantitative estimate of drug-likeness (QED) is 0.0354. The predicted octanol–water partition coefficient (Wildman–Crippen LogP) is 3.52. The summed E-state index contributed by atoms with van der Waals surface area (Å²) in [6.07, 6.45) is -11.5. The minimum atomic E-state index is -2.02. The third-order valence-corrected chi connectivity index (χ3v) is 12.2. The lowest BCUT2D eigenvalue weighted by Gasteiger charge is -2.48. The second-order valence-corrected chi connectivity index (χ2v) is 18.1. The second kappa shape index (κ2) is 41.3. The maximum Gasteiger partial charge on any atom is 0.297 e. The van der Waals surface area contributed by atoms with Crippen LogP contribution in [0.3, 0.4) is 0 Å². The molecular weight excluding hydrogens is 1050 g/mol. The molecule has 19 heteroatoms. The SMILES string of the molecule is CC#CC#CC#CC#CC#CC#CC#CC#CC#CC#CC#CC#CC(=O)N[C@@H](COC1OC(CO)C(OC2OC(CO)C(O)C(OC3OC(CO)C(O)C(O)C3O)C2O)C(O)C1O)[C@H](O)/C=C/CCCCCCCCCCCCC.[HH].[HH].[HH].[HH].[HH].[HH].[HH].[HH].[HH].[HH].[HH].[HH].[HH].[HH].[HH].[HH].[HH].[HH].[HH].[HH].[HH].[HH].[HH].[HH]. The van der Waals surface area contributed by atoms with Crippen molar-refractivity contribution >= 4 is 5.91 Å². The van der Waals surface area contributed by atoms with E-state index >= 15 is 0 Å². The Morgan fingerprint density at radius 3 is 1.38 bits per heavy atom. The highest BCUT2D eigenvalue weighted by molar-refractivity contribution is 5.94. The first-order chi connectivity index (χ1) is 39.3.